The Labute approximate surface area is 86.1 Å². The van der Waals surface area contributed by atoms with E-state index in [2.05, 4.69) is 4.90 Å². The highest BCUT2D eigenvalue weighted by Gasteiger charge is 2.29. The molecular weight excluding hydrogens is 178 g/mol. The van der Waals surface area contributed by atoms with E-state index in [1.54, 1.807) is 0 Å². The fourth-order valence-electron chi connectivity index (χ4n) is 2.01. The molecule has 2 unspecified atom stereocenters. The minimum Gasteiger partial charge on any atom is -0.393 e. The summed E-state index contributed by atoms with van der Waals surface area (Å²) in [5.74, 6) is 0.387. The van der Waals surface area contributed by atoms with Gasteiger partial charge in [-0.25, -0.2) is 0 Å². The van der Waals surface area contributed by atoms with E-state index in [9.17, 15) is 9.90 Å². The number of hydrogen-bond donors (Lipinski definition) is 1. The molecule has 0 bridgehead atoms. The molecule has 0 saturated carbocycles. The van der Waals surface area contributed by atoms with E-state index in [1.807, 2.05) is 20.8 Å². The number of nitrogens with zero attached hydrogens (tertiary/aromatic N) is 1. The second kappa shape index (κ2) is 4.41. The Morgan fingerprint density at radius 2 is 2.29 bits per heavy atom. The number of carbonyl (C=O) groups is 1. The Balaban J connectivity index is 2.39. The number of aliphatic hydroxyl groups is 1. The molecule has 0 aromatic heterocycles. The molecule has 3 nitrogen and oxygen atoms in total. The van der Waals surface area contributed by atoms with Crippen LogP contribution in [0.5, 0.6) is 0 Å². The van der Waals surface area contributed by atoms with Gasteiger partial charge in [0.15, 0.2) is 0 Å². The first-order valence-electron chi connectivity index (χ1n) is 5.31. The van der Waals surface area contributed by atoms with Crippen LogP contribution in [-0.2, 0) is 4.79 Å². The second-order valence-corrected chi connectivity index (χ2v) is 5.13. The molecule has 0 aromatic carbocycles. The molecule has 0 amide bonds. The topological polar surface area (TPSA) is 40.5 Å². The van der Waals surface area contributed by atoms with E-state index in [0.717, 1.165) is 32.3 Å². The largest absolute Gasteiger partial charge is 0.393 e. The van der Waals surface area contributed by atoms with Crippen LogP contribution in [0.1, 0.15) is 27.2 Å². The van der Waals surface area contributed by atoms with Crippen LogP contribution in [0.2, 0.25) is 0 Å². The van der Waals surface area contributed by atoms with Crippen LogP contribution in [0, 0.1) is 11.3 Å². The summed E-state index contributed by atoms with van der Waals surface area (Å²) in [7, 11) is 0. The lowest BCUT2D eigenvalue weighted by atomic mass is 9.95. The van der Waals surface area contributed by atoms with Gasteiger partial charge in [0.25, 0.3) is 0 Å². The molecule has 0 spiro atoms. The fourth-order valence-corrected chi connectivity index (χ4v) is 2.01. The number of rotatable bonds is 4. The highest BCUT2D eigenvalue weighted by atomic mass is 16.3. The lowest BCUT2D eigenvalue weighted by Gasteiger charge is -2.25. The standard InChI is InChI=1S/C11H21NO2/c1-9(14)10-4-5-12(6-10)7-11(2,3)8-13/h8-10,14H,4-7H2,1-3H3. The van der Waals surface area contributed by atoms with Gasteiger partial charge >= 0.3 is 0 Å². The summed E-state index contributed by atoms with van der Waals surface area (Å²) >= 11 is 0. The predicted octanol–water partition coefficient (Wildman–Crippen LogP) is 0.914. The minimum atomic E-state index is -0.256. The smallest absolute Gasteiger partial charge is 0.126 e. The maximum atomic E-state index is 10.8. The third-order valence-electron chi connectivity index (χ3n) is 2.94. The van der Waals surface area contributed by atoms with Crippen LogP contribution in [0.25, 0.3) is 0 Å². The quantitative estimate of drug-likeness (QED) is 0.684. The van der Waals surface area contributed by atoms with E-state index < -0.39 is 0 Å². The number of hydrogen-bond acceptors (Lipinski definition) is 3. The number of carbonyl (C=O) groups excluding carboxylic acids is 1. The van der Waals surface area contributed by atoms with Crippen LogP contribution in [-0.4, -0.2) is 42.0 Å². The fraction of sp³-hybridized carbons (Fsp3) is 0.909. The van der Waals surface area contributed by atoms with Crippen molar-refractivity contribution < 1.29 is 9.90 Å². The maximum Gasteiger partial charge on any atom is 0.126 e. The number of aldehydes is 1. The van der Waals surface area contributed by atoms with Crippen molar-refractivity contribution in [1.29, 1.82) is 0 Å². The van der Waals surface area contributed by atoms with Gasteiger partial charge in [0, 0.05) is 18.5 Å². The molecule has 82 valence electrons. The van der Waals surface area contributed by atoms with Crippen LogP contribution in [0.15, 0.2) is 0 Å². The average Bonchev–Trinajstić information content (AvgIpc) is 2.52. The van der Waals surface area contributed by atoms with Gasteiger partial charge in [0.1, 0.15) is 6.29 Å². The normalized spacial score (nSPS) is 26.4. The Hall–Kier alpha value is -0.410. The van der Waals surface area contributed by atoms with Crippen molar-refractivity contribution in [2.24, 2.45) is 11.3 Å². The zero-order valence-electron chi connectivity index (χ0n) is 9.36. The summed E-state index contributed by atoms with van der Waals surface area (Å²) in [5.41, 5.74) is -0.256. The summed E-state index contributed by atoms with van der Waals surface area (Å²) < 4.78 is 0. The summed E-state index contributed by atoms with van der Waals surface area (Å²) in [6, 6.07) is 0. The van der Waals surface area contributed by atoms with Gasteiger partial charge in [-0.3, -0.25) is 0 Å². The third-order valence-corrected chi connectivity index (χ3v) is 2.94. The molecule has 1 aliphatic rings. The lowest BCUT2D eigenvalue weighted by Crippen LogP contribution is -2.34. The predicted molar refractivity (Wildman–Crippen MR) is 56.1 cm³/mol. The first-order valence-corrected chi connectivity index (χ1v) is 5.31. The summed E-state index contributed by atoms with van der Waals surface area (Å²) in [5, 5.41) is 9.43. The van der Waals surface area contributed by atoms with Gasteiger partial charge in [-0.2, -0.15) is 0 Å². The third kappa shape index (κ3) is 3.07. The molecule has 1 rings (SSSR count). The molecule has 14 heavy (non-hydrogen) atoms. The van der Waals surface area contributed by atoms with Crippen LogP contribution in [0.4, 0.5) is 0 Å². The molecule has 2 atom stereocenters. The van der Waals surface area contributed by atoms with Crippen LogP contribution >= 0.6 is 0 Å². The van der Waals surface area contributed by atoms with Gasteiger partial charge in [0.2, 0.25) is 0 Å². The highest BCUT2D eigenvalue weighted by Crippen LogP contribution is 2.23. The SMILES string of the molecule is CC(O)C1CCN(CC(C)(C)C=O)C1. The molecule has 0 aromatic rings. The summed E-state index contributed by atoms with van der Waals surface area (Å²) in [6.07, 6.45) is 1.84. The van der Waals surface area contributed by atoms with E-state index in [1.165, 1.54) is 0 Å². The molecule has 0 radical (unpaired) electrons. The van der Waals surface area contributed by atoms with E-state index >= 15 is 0 Å². The summed E-state index contributed by atoms with van der Waals surface area (Å²) in [4.78, 5) is 13.0. The van der Waals surface area contributed by atoms with E-state index in [4.69, 9.17) is 0 Å². The van der Waals surface area contributed by atoms with Crippen molar-refractivity contribution in [3.8, 4) is 0 Å². The molecule has 1 N–H and O–H groups in total. The summed E-state index contributed by atoms with van der Waals surface area (Å²) in [6.45, 7) is 8.49. The zero-order chi connectivity index (χ0) is 10.8. The van der Waals surface area contributed by atoms with Crippen molar-refractivity contribution in [1.82, 2.24) is 4.90 Å². The Bertz CT molecular complexity index is 201. The molecule has 0 aliphatic carbocycles. The van der Waals surface area contributed by atoms with E-state index in [0.29, 0.717) is 5.92 Å². The van der Waals surface area contributed by atoms with Gasteiger partial charge in [0.05, 0.1) is 6.10 Å². The van der Waals surface area contributed by atoms with E-state index in [-0.39, 0.29) is 11.5 Å². The van der Waals surface area contributed by atoms with Crippen molar-refractivity contribution in [2.75, 3.05) is 19.6 Å². The van der Waals surface area contributed by atoms with Crippen molar-refractivity contribution in [3.63, 3.8) is 0 Å². The molecule has 1 heterocycles. The highest BCUT2D eigenvalue weighted by molar-refractivity contribution is 5.58. The molecule has 1 saturated heterocycles. The molecule has 1 fully saturated rings. The monoisotopic (exact) mass is 199 g/mol. The van der Waals surface area contributed by atoms with Gasteiger partial charge in [-0.1, -0.05) is 13.8 Å². The second-order valence-electron chi connectivity index (χ2n) is 5.13. The van der Waals surface area contributed by atoms with Crippen LogP contribution in [0.3, 0.4) is 0 Å². The Morgan fingerprint density at radius 3 is 2.71 bits per heavy atom. The first kappa shape index (κ1) is 11.7. The Morgan fingerprint density at radius 1 is 1.64 bits per heavy atom. The molecular formula is C11H21NO2. The minimum absolute atomic E-state index is 0.223. The Kier molecular flexibility index (Phi) is 3.67. The van der Waals surface area contributed by atoms with Gasteiger partial charge in [-0.05, 0) is 25.8 Å². The lowest BCUT2D eigenvalue weighted by molar-refractivity contribution is -0.115. The molecule has 3 heteroatoms. The number of likely N-dealkylation sites (tertiary alicyclic amines) is 1. The zero-order valence-corrected chi connectivity index (χ0v) is 9.36. The van der Waals surface area contributed by atoms with Gasteiger partial charge in [-0.15, -0.1) is 0 Å². The van der Waals surface area contributed by atoms with Crippen molar-refractivity contribution in [3.05, 3.63) is 0 Å². The van der Waals surface area contributed by atoms with Crippen molar-refractivity contribution in [2.45, 2.75) is 33.3 Å². The first-order chi connectivity index (χ1) is 6.44. The van der Waals surface area contributed by atoms with Crippen LogP contribution < -0.4 is 0 Å². The molecule has 1 aliphatic heterocycles. The average molecular weight is 199 g/mol. The van der Waals surface area contributed by atoms with Crippen molar-refractivity contribution >= 4 is 6.29 Å². The number of aliphatic hydroxyl groups excluding tert-OH is 1. The van der Waals surface area contributed by atoms with Gasteiger partial charge < -0.3 is 14.8 Å². The maximum absolute atomic E-state index is 10.8.